The van der Waals surface area contributed by atoms with Crippen molar-refractivity contribution in [2.45, 2.75) is 24.2 Å². The zero-order valence-corrected chi connectivity index (χ0v) is 21.4. The number of rotatable bonds is 11. The minimum Gasteiger partial charge on any atom is -0.302 e. The van der Waals surface area contributed by atoms with E-state index in [4.69, 9.17) is 0 Å². The average Bonchev–Trinajstić information content (AvgIpc) is 2.89. The van der Waals surface area contributed by atoms with Gasteiger partial charge in [-0.25, -0.2) is 8.42 Å². The molecule has 6 nitrogen and oxygen atoms in total. The molecule has 7 heteroatoms. The largest absolute Gasteiger partial charge is 0.302 e. The number of nitrogens with zero attached hydrogens (tertiary/aromatic N) is 4. The van der Waals surface area contributed by atoms with Gasteiger partial charge in [0, 0.05) is 55.9 Å². The van der Waals surface area contributed by atoms with Gasteiger partial charge in [-0.1, -0.05) is 61.0 Å². The summed E-state index contributed by atoms with van der Waals surface area (Å²) in [5.74, 6) is 0. The number of fused-ring (bicyclic) bond motifs is 1. The third-order valence-corrected chi connectivity index (χ3v) is 8.59. The standard InChI is InChI=1S/C28H36N4O2S/c1-30(17-9-12-25-10-4-2-5-11-25)20-22-32(23-21-31-18-6-3-7-19-31)35(33,34)28-14-8-13-26-24-29-16-15-27(26)28/h2,4-5,8-16,24H,3,6-7,17-23H2,1H3. The topological polar surface area (TPSA) is 56.8 Å². The lowest BCUT2D eigenvalue weighted by Crippen LogP contribution is -2.43. The quantitative estimate of drug-likeness (QED) is 0.398. The number of likely N-dealkylation sites (N-methyl/N-ethyl adjacent to an activating group) is 1. The molecule has 0 bridgehead atoms. The first-order valence-electron chi connectivity index (χ1n) is 12.5. The van der Waals surface area contributed by atoms with Crippen LogP contribution in [0.15, 0.2) is 78.0 Å². The van der Waals surface area contributed by atoms with E-state index in [1.807, 2.05) is 31.3 Å². The highest BCUT2D eigenvalue weighted by atomic mass is 32.2. The Hall–Kier alpha value is -2.58. The number of sulfonamides is 1. The van der Waals surface area contributed by atoms with Crippen molar-refractivity contribution < 1.29 is 8.42 Å². The molecule has 186 valence electrons. The predicted octanol–water partition coefficient (Wildman–Crippen LogP) is 4.36. The second kappa shape index (κ2) is 12.4. The molecule has 0 atom stereocenters. The number of benzene rings is 2. The first-order valence-corrected chi connectivity index (χ1v) is 13.9. The van der Waals surface area contributed by atoms with Crippen LogP contribution in [0.1, 0.15) is 24.8 Å². The molecule has 2 heterocycles. The Bertz CT molecular complexity index is 1200. The van der Waals surface area contributed by atoms with Gasteiger partial charge in [-0.05, 0) is 50.7 Å². The van der Waals surface area contributed by atoms with Crippen molar-refractivity contribution in [1.29, 1.82) is 0 Å². The summed E-state index contributed by atoms with van der Waals surface area (Å²) in [6.07, 6.45) is 11.3. The molecule has 3 aromatic rings. The van der Waals surface area contributed by atoms with E-state index in [0.29, 0.717) is 24.5 Å². The summed E-state index contributed by atoms with van der Waals surface area (Å²) in [5, 5.41) is 1.57. The van der Waals surface area contributed by atoms with Gasteiger partial charge in [-0.2, -0.15) is 4.31 Å². The molecule has 0 N–H and O–H groups in total. The second-order valence-corrected chi connectivity index (χ2v) is 11.1. The van der Waals surface area contributed by atoms with Gasteiger partial charge in [-0.3, -0.25) is 4.98 Å². The van der Waals surface area contributed by atoms with E-state index >= 15 is 0 Å². The fourth-order valence-corrected chi connectivity index (χ4v) is 6.19. The van der Waals surface area contributed by atoms with E-state index in [0.717, 1.165) is 42.5 Å². The van der Waals surface area contributed by atoms with Gasteiger partial charge in [0.2, 0.25) is 10.0 Å². The van der Waals surface area contributed by atoms with Crippen molar-refractivity contribution in [1.82, 2.24) is 19.1 Å². The van der Waals surface area contributed by atoms with Crippen LogP contribution in [0.25, 0.3) is 16.8 Å². The van der Waals surface area contributed by atoms with Crippen LogP contribution >= 0.6 is 0 Å². The Balaban J connectivity index is 1.47. The number of aromatic nitrogens is 1. The zero-order valence-electron chi connectivity index (χ0n) is 20.6. The molecule has 0 unspecified atom stereocenters. The van der Waals surface area contributed by atoms with E-state index in [1.165, 1.54) is 19.3 Å². The van der Waals surface area contributed by atoms with Crippen LogP contribution in [0.5, 0.6) is 0 Å². The third kappa shape index (κ3) is 6.98. The van der Waals surface area contributed by atoms with Crippen LogP contribution < -0.4 is 0 Å². The molecule has 4 rings (SSSR count). The van der Waals surface area contributed by atoms with Crippen LogP contribution in [-0.2, 0) is 10.0 Å². The minimum atomic E-state index is -3.65. The van der Waals surface area contributed by atoms with E-state index < -0.39 is 10.0 Å². The van der Waals surface area contributed by atoms with Crippen molar-refractivity contribution >= 4 is 26.9 Å². The maximum atomic E-state index is 13.9. The summed E-state index contributed by atoms with van der Waals surface area (Å²) >= 11 is 0. The molecule has 1 aromatic heterocycles. The van der Waals surface area contributed by atoms with E-state index in [2.05, 4.69) is 39.1 Å². The van der Waals surface area contributed by atoms with Gasteiger partial charge in [0.25, 0.3) is 0 Å². The van der Waals surface area contributed by atoms with Crippen molar-refractivity contribution in [3.63, 3.8) is 0 Å². The first kappa shape index (κ1) is 25.5. The lowest BCUT2D eigenvalue weighted by Gasteiger charge is -2.30. The van der Waals surface area contributed by atoms with Crippen LogP contribution in [0.3, 0.4) is 0 Å². The van der Waals surface area contributed by atoms with Gasteiger partial charge in [0.1, 0.15) is 0 Å². The maximum absolute atomic E-state index is 13.9. The Labute approximate surface area is 209 Å². The molecular weight excluding hydrogens is 456 g/mol. The number of piperidine rings is 1. The Morgan fingerprint density at radius 2 is 1.74 bits per heavy atom. The molecule has 1 saturated heterocycles. The highest BCUT2D eigenvalue weighted by Crippen LogP contribution is 2.25. The average molecular weight is 493 g/mol. The number of hydrogen-bond acceptors (Lipinski definition) is 5. The predicted molar refractivity (Wildman–Crippen MR) is 144 cm³/mol. The van der Waals surface area contributed by atoms with Gasteiger partial charge >= 0.3 is 0 Å². The molecule has 0 radical (unpaired) electrons. The Morgan fingerprint density at radius 1 is 0.943 bits per heavy atom. The number of pyridine rings is 1. The van der Waals surface area contributed by atoms with Gasteiger partial charge < -0.3 is 9.80 Å². The lowest BCUT2D eigenvalue weighted by molar-refractivity contribution is 0.208. The molecule has 1 fully saturated rings. The monoisotopic (exact) mass is 492 g/mol. The molecule has 35 heavy (non-hydrogen) atoms. The van der Waals surface area contributed by atoms with E-state index in [1.54, 1.807) is 34.9 Å². The Morgan fingerprint density at radius 3 is 2.54 bits per heavy atom. The summed E-state index contributed by atoms with van der Waals surface area (Å²) < 4.78 is 29.4. The lowest BCUT2D eigenvalue weighted by atomic mass is 10.1. The Kier molecular flexibility index (Phi) is 9.04. The fraction of sp³-hybridized carbons (Fsp3) is 0.393. The maximum Gasteiger partial charge on any atom is 0.243 e. The third-order valence-electron chi connectivity index (χ3n) is 6.63. The van der Waals surface area contributed by atoms with E-state index in [-0.39, 0.29) is 0 Å². The molecule has 1 aliphatic heterocycles. The van der Waals surface area contributed by atoms with Crippen molar-refractivity contribution in [2.24, 2.45) is 0 Å². The smallest absolute Gasteiger partial charge is 0.243 e. The number of likely N-dealkylation sites (tertiary alicyclic amines) is 1. The van der Waals surface area contributed by atoms with Crippen molar-refractivity contribution in [3.8, 4) is 0 Å². The molecular formula is C28H36N4O2S. The van der Waals surface area contributed by atoms with Gasteiger partial charge in [-0.15, -0.1) is 0 Å². The highest BCUT2D eigenvalue weighted by Gasteiger charge is 2.27. The van der Waals surface area contributed by atoms with Gasteiger partial charge in [0.15, 0.2) is 0 Å². The van der Waals surface area contributed by atoms with Gasteiger partial charge in [0.05, 0.1) is 4.90 Å². The highest BCUT2D eigenvalue weighted by molar-refractivity contribution is 7.89. The second-order valence-electron chi connectivity index (χ2n) is 9.23. The summed E-state index contributed by atoms with van der Waals surface area (Å²) in [6, 6.07) is 17.4. The molecule has 0 amide bonds. The van der Waals surface area contributed by atoms with Crippen molar-refractivity contribution in [3.05, 3.63) is 78.6 Å². The zero-order chi connectivity index (χ0) is 24.5. The molecule has 0 aliphatic carbocycles. The van der Waals surface area contributed by atoms with Crippen LogP contribution in [-0.4, -0.2) is 80.4 Å². The van der Waals surface area contributed by atoms with Crippen LogP contribution in [0, 0.1) is 0 Å². The van der Waals surface area contributed by atoms with E-state index in [9.17, 15) is 8.42 Å². The van der Waals surface area contributed by atoms with Crippen molar-refractivity contribution in [2.75, 3.05) is 52.9 Å². The molecule has 1 aliphatic rings. The summed E-state index contributed by atoms with van der Waals surface area (Å²) in [5.41, 5.74) is 1.16. The fourth-order valence-electron chi connectivity index (χ4n) is 4.55. The summed E-state index contributed by atoms with van der Waals surface area (Å²) in [4.78, 5) is 9.08. The summed E-state index contributed by atoms with van der Waals surface area (Å²) in [7, 11) is -1.62. The molecule has 2 aromatic carbocycles. The van der Waals surface area contributed by atoms with Crippen LogP contribution in [0.2, 0.25) is 0 Å². The van der Waals surface area contributed by atoms with Crippen LogP contribution in [0.4, 0.5) is 0 Å². The SMILES string of the molecule is CN(CC=Cc1ccccc1)CCN(CCN1CCCCC1)S(=O)(=O)c1cccc2cnccc12. The minimum absolute atomic E-state index is 0.364. The molecule has 0 spiro atoms. The normalized spacial score (nSPS) is 15.5. The number of hydrogen-bond donors (Lipinski definition) is 0. The molecule has 0 saturated carbocycles. The summed E-state index contributed by atoms with van der Waals surface area (Å²) in [6.45, 7) is 5.24. The first-order chi connectivity index (χ1) is 17.0.